The second-order valence-electron chi connectivity index (χ2n) is 2.68. The van der Waals surface area contributed by atoms with Crippen LogP contribution >= 0.6 is 15.9 Å². The molecule has 0 N–H and O–H groups in total. The highest BCUT2D eigenvalue weighted by Crippen LogP contribution is 2.20. The van der Waals surface area contributed by atoms with Crippen LogP contribution in [0.5, 0.6) is 0 Å². The summed E-state index contributed by atoms with van der Waals surface area (Å²) in [6, 6.07) is 5.00. The number of benzene rings is 1. The zero-order valence-corrected chi connectivity index (χ0v) is 11.2. The highest BCUT2D eigenvalue weighted by atomic mass is 79.9. The fraction of sp³-hybridized carbons (Fsp3) is 0.400. The molecule has 0 amide bonds. The van der Waals surface area contributed by atoms with Crippen molar-refractivity contribution >= 4 is 25.8 Å². The quantitative estimate of drug-likeness (QED) is 0.791. The zero-order valence-electron chi connectivity index (χ0n) is 8.83. The zero-order chi connectivity index (χ0) is 11.4. The van der Waals surface area contributed by atoms with Crippen LogP contribution in [0.4, 0.5) is 0 Å². The van der Waals surface area contributed by atoms with Gasteiger partial charge >= 0.3 is 0 Å². The average molecular weight is 279 g/mol. The van der Waals surface area contributed by atoms with E-state index in [1.165, 1.54) is 6.26 Å². The third-order valence-electron chi connectivity index (χ3n) is 1.57. The smallest absolute Gasteiger partial charge is 0.175 e. The molecule has 0 radical (unpaired) electrons. The van der Waals surface area contributed by atoms with Crippen LogP contribution in [-0.4, -0.2) is 14.7 Å². The van der Waals surface area contributed by atoms with Gasteiger partial charge in [-0.25, -0.2) is 8.42 Å². The molecule has 0 fully saturated rings. The lowest BCUT2D eigenvalue weighted by atomic mass is 10.2. The molecule has 0 bridgehead atoms. The monoisotopic (exact) mass is 278 g/mol. The third-order valence-corrected chi connectivity index (χ3v) is 3.54. The van der Waals surface area contributed by atoms with Crippen molar-refractivity contribution in [3.05, 3.63) is 28.2 Å². The Morgan fingerprint density at radius 2 is 1.71 bits per heavy atom. The first-order valence-corrected chi connectivity index (χ1v) is 7.06. The van der Waals surface area contributed by atoms with Crippen LogP contribution in [0.1, 0.15) is 19.4 Å². The Labute approximate surface area is 94.4 Å². The summed E-state index contributed by atoms with van der Waals surface area (Å²) in [7, 11) is -3.07. The summed E-state index contributed by atoms with van der Waals surface area (Å²) in [5.41, 5.74) is 1.03. The van der Waals surface area contributed by atoms with E-state index in [-0.39, 0.29) is 0 Å². The van der Waals surface area contributed by atoms with Gasteiger partial charge in [0, 0.05) is 10.7 Å². The van der Waals surface area contributed by atoms with Gasteiger partial charge in [0.1, 0.15) is 0 Å². The molecule has 4 heteroatoms. The van der Waals surface area contributed by atoms with Gasteiger partial charge in [0.25, 0.3) is 0 Å². The molecule has 2 nitrogen and oxygen atoms in total. The minimum atomic E-state index is -3.07. The van der Waals surface area contributed by atoms with Gasteiger partial charge in [-0.05, 0) is 24.6 Å². The summed E-state index contributed by atoms with van der Waals surface area (Å²) >= 11 is 3.27. The molecular weight excluding hydrogens is 264 g/mol. The highest BCUT2D eigenvalue weighted by Gasteiger charge is 2.07. The highest BCUT2D eigenvalue weighted by molar-refractivity contribution is 9.10. The second kappa shape index (κ2) is 5.51. The molecule has 1 aromatic rings. The van der Waals surface area contributed by atoms with E-state index in [1.54, 1.807) is 18.2 Å². The van der Waals surface area contributed by atoms with E-state index >= 15 is 0 Å². The van der Waals surface area contributed by atoms with E-state index in [0.717, 1.165) is 10.0 Å². The lowest BCUT2D eigenvalue weighted by Gasteiger charge is -2.00. The van der Waals surface area contributed by atoms with Crippen LogP contribution in [0.3, 0.4) is 0 Å². The number of hydrogen-bond donors (Lipinski definition) is 0. The maximum Gasteiger partial charge on any atom is 0.175 e. The van der Waals surface area contributed by atoms with Gasteiger partial charge in [-0.2, -0.15) is 0 Å². The minimum Gasteiger partial charge on any atom is -0.224 e. The summed E-state index contributed by atoms with van der Waals surface area (Å²) < 4.78 is 23.0. The number of halogens is 1. The fourth-order valence-electron chi connectivity index (χ4n) is 0.804. The first kappa shape index (κ1) is 13.7. The van der Waals surface area contributed by atoms with Gasteiger partial charge in [0.15, 0.2) is 9.84 Å². The first-order valence-electron chi connectivity index (χ1n) is 4.37. The molecule has 0 saturated carbocycles. The van der Waals surface area contributed by atoms with E-state index in [0.29, 0.717) is 4.90 Å². The van der Waals surface area contributed by atoms with Crippen LogP contribution < -0.4 is 0 Å². The Hall–Kier alpha value is -0.350. The van der Waals surface area contributed by atoms with Crippen molar-refractivity contribution in [3.63, 3.8) is 0 Å². The van der Waals surface area contributed by atoms with Crippen molar-refractivity contribution in [3.8, 4) is 0 Å². The van der Waals surface area contributed by atoms with Gasteiger partial charge in [-0.15, -0.1) is 0 Å². The van der Waals surface area contributed by atoms with Crippen LogP contribution in [0.2, 0.25) is 0 Å². The molecule has 14 heavy (non-hydrogen) atoms. The third kappa shape index (κ3) is 3.80. The van der Waals surface area contributed by atoms with E-state index in [1.807, 2.05) is 20.8 Å². The first-order chi connectivity index (χ1) is 6.41. The number of hydrogen-bond acceptors (Lipinski definition) is 2. The molecule has 0 spiro atoms. The molecule has 0 aliphatic carbocycles. The molecule has 0 atom stereocenters. The molecule has 1 aromatic carbocycles. The molecule has 0 saturated heterocycles. The van der Waals surface area contributed by atoms with Crippen molar-refractivity contribution in [2.24, 2.45) is 0 Å². The normalized spacial score (nSPS) is 10.4. The van der Waals surface area contributed by atoms with Crippen molar-refractivity contribution in [2.75, 3.05) is 6.26 Å². The standard InChI is InChI=1S/C8H9BrO2S.C2H6/c1-6-3-4-7(5-8(6)9)12(2,10)11;1-2/h3-5H,1-2H3;1-2H3. The molecule has 0 heterocycles. The van der Waals surface area contributed by atoms with Crippen molar-refractivity contribution < 1.29 is 8.42 Å². The number of rotatable bonds is 1. The summed E-state index contributed by atoms with van der Waals surface area (Å²) in [5.74, 6) is 0. The van der Waals surface area contributed by atoms with Crippen molar-refractivity contribution in [1.29, 1.82) is 0 Å². The minimum absolute atomic E-state index is 0.347. The number of aryl methyl sites for hydroxylation is 1. The van der Waals surface area contributed by atoms with E-state index in [2.05, 4.69) is 15.9 Å². The Balaban J connectivity index is 0.000000791. The largest absolute Gasteiger partial charge is 0.224 e. The lowest BCUT2D eigenvalue weighted by molar-refractivity contribution is 0.602. The van der Waals surface area contributed by atoms with Gasteiger partial charge in [-0.3, -0.25) is 0 Å². The van der Waals surface area contributed by atoms with Crippen molar-refractivity contribution in [2.45, 2.75) is 25.7 Å². The van der Waals surface area contributed by atoms with Gasteiger partial charge in [0.05, 0.1) is 4.90 Å². The van der Waals surface area contributed by atoms with Crippen LogP contribution in [0, 0.1) is 6.92 Å². The predicted octanol–water partition coefficient (Wildman–Crippen LogP) is 3.19. The van der Waals surface area contributed by atoms with Crippen LogP contribution in [-0.2, 0) is 9.84 Å². The summed E-state index contributed by atoms with van der Waals surface area (Å²) in [4.78, 5) is 0.347. The Bertz CT molecular complexity index is 397. The van der Waals surface area contributed by atoms with Crippen LogP contribution in [0.25, 0.3) is 0 Å². The Morgan fingerprint density at radius 3 is 2.07 bits per heavy atom. The second-order valence-corrected chi connectivity index (χ2v) is 5.55. The molecule has 0 unspecified atom stereocenters. The SMILES string of the molecule is CC.Cc1ccc(S(C)(=O)=O)cc1Br. The summed E-state index contributed by atoms with van der Waals surface area (Å²) in [6.45, 7) is 5.91. The van der Waals surface area contributed by atoms with E-state index < -0.39 is 9.84 Å². The van der Waals surface area contributed by atoms with Crippen LogP contribution in [0.15, 0.2) is 27.6 Å². The van der Waals surface area contributed by atoms with Gasteiger partial charge < -0.3 is 0 Å². The molecule has 1 rings (SSSR count). The summed E-state index contributed by atoms with van der Waals surface area (Å²) in [5, 5.41) is 0. The van der Waals surface area contributed by atoms with E-state index in [4.69, 9.17) is 0 Å². The van der Waals surface area contributed by atoms with Gasteiger partial charge in [-0.1, -0.05) is 35.8 Å². The van der Waals surface area contributed by atoms with Gasteiger partial charge in [0.2, 0.25) is 0 Å². The topological polar surface area (TPSA) is 34.1 Å². The maximum absolute atomic E-state index is 11.1. The molecule has 80 valence electrons. The molecule has 0 aliphatic heterocycles. The summed E-state index contributed by atoms with van der Waals surface area (Å²) in [6.07, 6.45) is 1.20. The molecular formula is C10H15BrO2S. The average Bonchev–Trinajstić information content (AvgIpc) is 2.11. The van der Waals surface area contributed by atoms with Crippen molar-refractivity contribution in [1.82, 2.24) is 0 Å². The predicted molar refractivity (Wildman–Crippen MR) is 63.3 cm³/mol. The fourth-order valence-corrected chi connectivity index (χ4v) is 1.98. The lowest BCUT2D eigenvalue weighted by Crippen LogP contribution is -1.96. The van der Waals surface area contributed by atoms with E-state index in [9.17, 15) is 8.42 Å². The number of sulfone groups is 1. The molecule has 0 aromatic heterocycles. The maximum atomic E-state index is 11.1. The Kier molecular flexibility index (Phi) is 5.37. The molecule has 0 aliphatic rings. The Morgan fingerprint density at radius 1 is 1.21 bits per heavy atom.